The molecular formula is C11H10N4. The number of aromatic nitrogens is 3. The molecule has 0 aliphatic rings. The minimum Gasteiger partial charge on any atom is -0.276 e. The SMILES string of the molecule is c1ccc2c(Nn3cccc3)n[nH]c2c1. The molecule has 2 N–H and O–H groups in total. The predicted molar refractivity (Wildman–Crippen MR) is 59.5 cm³/mol. The molecule has 4 nitrogen and oxygen atoms in total. The lowest BCUT2D eigenvalue weighted by molar-refractivity contribution is 0.945. The highest BCUT2D eigenvalue weighted by atomic mass is 15.4. The van der Waals surface area contributed by atoms with Crippen LogP contribution in [0.1, 0.15) is 0 Å². The summed E-state index contributed by atoms with van der Waals surface area (Å²) in [4.78, 5) is 0. The van der Waals surface area contributed by atoms with Gasteiger partial charge in [0.2, 0.25) is 0 Å². The van der Waals surface area contributed by atoms with Gasteiger partial charge in [-0.2, -0.15) is 5.10 Å². The molecule has 0 unspecified atom stereocenters. The van der Waals surface area contributed by atoms with Crippen LogP contribution in [0.15, 0.2) is 48.8 Å². The van der Waals surface area contributed by atoms with Crippen LogP contribution in [0.4, 0.5) is 5.82 Å². The van der Waals surface area contributed by atoms with Crippen molar-refractivity contribution in [2.24, 2.45) is 0 Å². The molecule has 2 aromatic heterocycles. The van der Waals surface area contributed by atoms with Gasteiger partial charge in [0.1, 0.15) is 0 Å². The molecule has 0 fully saturated rings. The summed E-state index contributed by atoms with van der Waals surface area (Å²) in [5, 5.41) is 8.28. The first-order chi connectivity index (χ1) is 7.43. The third-order valence-electron chi connectivity index (χ3n) is 2.31. The largest absolute Gasteiger partial charge is 0.276 e. The third-order valence-corrected chi connectivity index (χ3v) is 2.31. The molecule has 2 heterocycles. The molecule has 0 amide bonds. The molecule has 0 bridgehead atoms. The van der Waals surface area contributed by atoms with E-state index in [1.165, 1.54) is 0 Å². The van der Waals surface area contributed by atoms with E-state index in [1.54, 1.807) is 0 Å². The van der Waals surface area contributed by atoms with Gasteiger partial charge in [0.05, 0.1) is 5.52 Å². The van der Waals surface area contributed by atoms with Crippen molar-refractivity contribution >= 4 is 16.7 Å². The Bertz CT molecular complexity index is 565. The van der Waals surface area contributed by atoms with Crippen LogP contribution >= 0.6 is 0 Å². The van der Waals surface area contributed by atoms with Crippen LogP contribution in [-0.4, -0.2) is 14.9 Å². The number of H-pyrrole nitrogens is 1. The second-order valence-electron chi connectivity index (χ2n) is 3.32. The summed E-state index contributed by atoms with van der Waals surface area (Å²) in [6.07, 6.45) is 3.87. The van der Waals surface area contributed by atoms with Crippen molar-refractivity contribution in [2.75, 3.05) is 5.43 Å². The summed E-state index contributed by atoms with van der Waals surface area (Å²) in [6, 6.07) is 11.9. The standard InChI is InChI=1S/C11H10N4/c1-2-6-10-9(5-1)11(13-12-10)14-15-7-3-4-8-15/h1-8H,(H2,12,13,14). The summed E-state index contributed by atoms with van der Waals surface area (Å²) >= 11 is 0. The second-order valence-corrected chi connectivity index (χ2v) is 3.32. The van der Waals surface area contributed by atoms with E-state index in [0.717, 1.165) is 16.7 Å². The van der Waals surface area contributed by atoms with Gasteiger partial charge in [-0.15, -0.1) is 0 Å². The Morgan fingerprint density at radius 1 is 1.07 bits per heavy atom. The van der Waals surface area contributed by atoms with Crippen molar-refractivity contribution in [2.45, 2.75) is 0 Å². The zero-order valence-electron chi connectivity index (χ0n) is 8.01. The second kappa shape index (κ2) is 3.16. The molecule has 0 atom stereocenters. The molecule has 0 spiro atoms. The fourth-order valence-corrected chi connectivity index (χ4v) is 1.58. The van der Waals surface area contributed by atoms with Gasteiger partial charge in [-0.25, -0.2) is 0 Å². The Hall–Kier alpha value is -2.23. The molecule has 0 radical (unpaired) electrons. The molecule has 4 heteroatoms. The minimum absolute atomic E-state index is 0.835. The van der Waals surface area contributed by atoms with Gasteiger partial charge in [-0.05, 0) is 24.3 Å². The normalized spacial score (nSPS) is 10.7. The van der Waals surface area contributed by atoms with E-state index in [1.807, 2.05) is 53.5 Å². The van der Waals surface area contributed by atoms with E-state index in [9.17, 15) is 0 Å². The summed E-state index contributed by atoms with van der Waals surface area (Å²) < 4.78 is 1.86. The first-order valence-electron chi connectivity index (χ1n) is 4.76. The fraction of sp³-hybridized carbons (Fsp3) is 0. The minimum atomic E-state index is 0.835. The zero-order chi connectivity index (χ0) is 10.1. The number of nitrogens with one attached hydrogen (secondary N) is 2. The van der Waals surface area contributed by atoms with Gasteiger partial charge in [0, 0.05) is 17.8 Å². The van der Waals surface area contributed by atoms with Gasteiger partial charge in [0.15, 0.2) is 5.82 Å². The van der Waals surface area contributed by atoms with Gasteiger partial charge in [-0.1, -0.05) is 12.1 Å². The number of para-hydroxylation sites is 1. The van der Waals surface area contributed by atoms with Crippen molar-refractivity contribution in [3.63, 3.8) is 0 Å². The summed E-state index contributed by atoms with van der Waals surface area (Å²) in [6.45, 7) is 0. The Labute approximate surface area is 86.5 Å². The van der Waals surface area contributed by atoms with Crippen molar-refractivity contribution in [1.29, 1.82) is 0 Å². The number of fused-ring (bicyclic) bond motifs is 1. The van der Waals surface area contributed by atoms with Gasteiger partial charge in [0.25, 0.3) is 0 Å². The highest BCUT2D eigenvalue weighted by Gasteiger charge is 2.03. The number of hydrogen-bond acceptors (Lipinski definition) is 2. The lowest BCUT2D eigenvalue weighted by atomic mass is 10.2. The van der Waals surface area contributed by atoms with Gasteiger partial charge >= 0.3 is 0 Å². The first-order valence-corrected chi connectivity index (χ1v) is 4.76. The van der Waals surface area contributed by atoms with Crippen molar-refractivity contribution in [3.8, 4) is 0 Å². The van der Waals surface area contributed by atoms with Crippen molar-refractivity contribution in [3.05, 3.63) is 48.8 Å². The Kier molecular flexibility index (Phi) is 1.71. The molecule has 0 aliphatic heterocycles. The van der Waals surface area contributed by atoms with Crippen LogP contribution in [0, 0.1) is 0 Å². The highest BCUT2D eigenvalue weighted by Crippen LogP contribution is 2.19. The van der Waals surface area contributed by atoms with Crippen molar-refractivity contribution < 1.29 is 0 Å². The number of nitrogens with zero attached hydrogens (tertiary/aromatic N) is 2. The topological polar surface area (TPSA) is 45.6 Å². The average molecular weight is 198 g/mol. The Balaban J connectivity index is 2.05. The van der Waals surface area contributed by atoms with E-state index in [-0.39, 0.29) is 0 Å². The van der Waals surface area contributed by atoms with Gasteiger partial charge in [-0.3, -0.25) is 15.2 Å². The van der Waals surface area contributed by atoms with Crippen LogP contribution in [0.3, 0.4) is 0 Å². The molecular weight excluding hydrogens is 188 g/mol. The maximum Gasteiger partial charge on any atom is 0.174 e. The lowest BCUT2D eigenvalue weighted by Gasteiger charge is -2.03. The summed E-state index contributed by atoms with van der Waals surface area (Å²) in [5.41, 5.74) is 4.22. The van der Waals surface area contributed by atoms with Crippen LogP contribution in [0.5, 0.6) is 0 Å². The van der Waals surface area contributed by atoms with Crippen molar-refractivity contribution in [1.82, 2.24) is 14.9 Å². The monoisotopic (exact) mass is 198 g/mol. The number of hydrogen-bond donors (Lipinski definition) is 2. The molecule has 0 aliphatic carbocycles. The fourth-order valence-electron chi connectivity index (χ4n) is 1.58. The molecule has 3 aromatic rings. The average Bonchev–Trinajstić information content (AvgIpc) is 2.89. The van der Waals surface area contributed by atoms with E-state index < -0.39 is 0 Å². The molecule has 74 valence electrons. The highest BCUT2D eigenvalue weighted by molar-refractivity contribution is 5.89. The smallest absolute Gasteiger partial charge is 0.174 e. The number of anilines is 1. The van der Waals surface area contributed by atoms with E-state index in [2.05, 4.69) is 15.6 Å². The van der Waals surface area contributed by atoms with Crippen LogP contribution in [0.2, 0.25) is 0 Å². The zero-order valence-corrected chi connectivity index (χ0v) is 8.01. The molecule has 15 heavy (non-hydrogen) atoms. The van der Waals surface area contributed by atoms with Crippen LogP contribution < -0.4 is 5.43 Å². The Morgan fingerprint density at radius 2 is 1.87 bits per heavy atom. The quantitative estimate of drug-likeness (QED) is 0.663. The molecule has 0 saturated carbocycles. The van der Waals surface area contributed by atoms with Gasteiger partial charge < -0.3 is 0 Å². The predicted octanol–water partition coefficient (Wildman–Crippen LogP) is 2.24. The summed E-state index contributed by atoms with van der Waals surface area (Å²) in [5.74, 6) is 0.835. The molecule has 3 rings (SSSR count). The maximum atomic E-state index is 4.21. The number of aromatic amines is 1. The van der Waals surface area contributed by atoms with E-state index in [0.29, 0.717) is 0 Å². The number of benzene rings is 1. The lowest BCUT2D eigenvalue weighted by Crippen LogP contribution is -2.05. The first kappa shape index (κ1) is 8.11. The van der Waals surface area contributed by atoms with Crippen LogP contribution in [0.25, 0.3) is 10.9 Å². The number of rotatable bonds is 2. The Morgan fingerprint density at radius 3 is 2.73 bits per heavy atom. The van der Waals surface area contributed by atoms with E-state index >= 15 is 0 Å². The third kappa shape index (κ3) is 1.36. The maximum absolute atomic E-state index is 4.21. The van der Waals surface area contributed by atoms with Crippen LogP contribution in [-0.2, 0) is 0 Å². The summed E-state index contributed by atoms with van der Waals surface area (Å²) in [7, 11) is 0. The van der Waals surface area contributed by atoms with E-state index in [4.69, 9.17) is 0 Å². The molecule has 0 saturated heterocycles. The molecule has 1 aromatic carbocycles.